The van der Waals surface area contributed by atoms with Gasteiger partial charge in [-0.05, 0) is 24.6 Å². The summed E-state index contributed by atoms with van der Waals surface area (Å²) >= 11 is 12.3. The molecule has 0 saturated heterocycles. The molecular weight excluding hydrogens is 285 g/mol. The Hall–Kier alpha value is -1.39. The molecule has 0 aliphatic heterocycles. The first kappa shape index (κ1) is 14.0. The first-order valence-corrected chi connectivity index (χ1v) is 6.66. The number of nitrogens with two attached hydrogens (primary N) is 1. The summed E-state index contributed by atoms with van der Waals surface area (Å²) in [6.45, 7) is 2.32. The lowest BCUT2D eigenvalue weighted by Crippen LogP contribution is -2.04. The molecule has 0 aliphatic carbocycles. The van der Waals surface area contributed by atoms with Crippen molar-refractivity contribution < 1.29 is 4.74 Å². The van der Waals surface area contributed by atoms with Crippen molar-refractivity contribution in [2.75, 3.05) is 5.73 Å². The zero-order chi connectivity index (χ0) is 14.0. The molecule has 0 radical (unpaired) electrons. The van der Waals surface area contributed by atoms with Gasteiger partial charge in [-0.1, -0.05) is 30.1 Å². The van der Waals surface area contributed by atoms with Gasteiger partial charge in [-0.2, -0.15) is 5.10 Å². The molecule has 1 heterocycles. The van der Waals surface area contributed by atoms with Gasteiger partial charge in [-0.15, -0.1) is 0 Å². The number of anilines is 1. The molecular formula is C13H15Cl2N3O. The van der Waals surface area contributed by atoms with Crippen molar-refractivity contribution in [2.24, 2.45) is 7.05 Å². The van der Waals surface area contributed by atoms with E-state index in [1.165, 1.54) is 0 Å². The molecule has 2 aromatic rings. The molecule has 6 heteroatoms. The number of rotatable bonds is 4. The van der Waals surface area contributed by atoms with E-state index in [0.717, 1.165) is 17.8 Å². The van der Waals surface area contributed by atoms with E-state index in [0.29, 0.717) is 28.1 Å². The van der Waals surface area contributed by atoms with Crippen LogP contribution in [0.1, 0.15) is 18.3 Å². The van der Waals surface area contributed by atoms with Crippen LogP contribution in [0.5, 0.6) is 5.75 Å². The van der Waals surface area contributed by atoms with Crippen LogP contribution in [0.3, 0.4) is 0 Å². The Morgan fingerprint density at radius 1 is 1.37 bits per heavy atom. The maximum atomic E-state index is 6.24. The van der Waals surface area contributed by atoms with Gasteiger partial charge in [0, 0.05) is 12.7 Å². The van der Waals surface area contributed by atoms with Crippen LogP contribution in [0.2, 0.25) is 10.0 Å². The smallest absolute Gasteiger partial charge is 0.138 e. The molecule has 2 rings (SSSR count). The zero-order valence-corrected chi connectivity index (χ0v) is 12.3. The average Bonchev–Trinajstić information content (AvgIpc) is 2.64. The molecule has 0 amide bonds. The number of benzene rings is 1. The van der Waals surface area contributed by atoms with Gasteiger partial charge < -0.3 is 10.5 Å². The molecule has 4 nitrogen and oxygen atoms in total. The van der Waals surface area contributed by atoms with Crippen molar-refractivity contribution in [3.8, 4) is 5.75 Å². The second kappa shape index (κ2) is 5.72. The van der Waals surface area contributed by atoms with Crippen LogP contribution >= 0.6 is 23.2 Å². The quantitative estimate of drug-likeness (QED) is 0.880. The lowest BCUT2D eigenvalue weighted by molar-refractivity contribution is 0.295. The molecule has 1 aromatic heterocycles. The lowest BCUT2D eigenvalue weighted by Gasteiger charge is -2.09. The van der Waals surface area contributed by atoms with E-state index >= 15 is 0 Å². The van der Waals surface area contributed by atoms with Crippen LogP contribution in [0.15, 0.2) is 18.2 Å². The third-order valence-corrected chi connectivity index (χ3v) is 3.55. The van der Waals surface area contributed by atoms with E-state index in [2.05, 4.69) is 5.10 Å². The van der Waals surface area contributed by atoms with E-state index in [1.54, 1.807) is 22.9 Å². The largest absolute Gasteiger partial charge is 0.486 e. The van der Waals surface area contributed by atoms with Crippen molar-refractivity contribution >= 4 is 28.9 Å². The molecule has 0 unspecified atom stereocenters. The van der Waals surface area contributed by atoms with Crippen LogP contribution < -0.4 is 10.5 Å². The van der Waals surface area contributed by atoms with Crippen molar-refractivity contribution in [1.82, 2.24) is 9.78 Å². The van der Waals surface area contributed by atoms with E-state index in [1.807, 2.05) is 14.0 Å². The summed E-state index contributed by atoms with van der Waals surface area (Å²) in [5.41, 5.74) is 7.92. The molecule has 0 saturated carbocycles. The van der Waals surface area contributed by atoms with Gasteiger partial charge in [0.25, 0.3) is 0 Å². The summed E-state index contributed by atoms with van der Waals surface area (Å²) in [6.07, 6.45) is 0.787. The number of halogens is 2. The minimum atomic E-state index is 0.311. The van der Waals surface area contributed by atoms with Gasteiger partial charge in [0.1, 0.15) is 12.4 Å². The van der Waals surface area contributed by atoms with Gasteiger partial charge in [-0.3, -0.25) is 4.68 Å². The normalized spacial score (nSPS) is 10.7. The summed E-state index contributed by atoms with van der Waals surface area (Å²) in [7, 11) is 1.84. The van der Waals surface area contributed by atoms with Gasteiger partial charge in [0.05, 0.1) is 21.4 Å². The molecule has 0 aliphatic rings. The summed E-state index contributed by atoms with van der Waals surface area (Å²) in [4.78, 5) is 0. The number of aromatic nitrogens is 2. The van der Waals surface area contributed by atoms with Gasteiger partial charge >= 0.3 is 0 Å². The Labute approximate surface area is 122 Å². The highest BCUT2D eigenvalue weighted by atomic mass is 35.5. The van der Waals surface area contributed by atoms with Crippen LogP contribution in [0, 0.1) is 0 Å². The van der Waals surface area contributed by atoms with Crippen molar-refractivity contribution in [3.63, 3.8) is 0 Å². The number of nitrogens with zero attached hydrogens (tertiary/aromatic N) is 2. The highest BCUT2D eigenvalue weighted by molar-refractivity contribution is 6.32. The van der Waals surface area contributed by atoms with E-state index in [4.69, 9.17) is 33.7 Å². The number of nitrogen functional groups attached to an aromatic ring is 1. The van der Waals surface area contributed by atoms with Crippen LogP contribution in [0.25, 0.3) is 0 Å². The molecule has 2 N–H and O–H groups in total. The number of ether oxygens (including phenoxy) is 1. The van der Waals surface area contributed by atoms with Crippen LogP contribution in [0.4, 0.5) is 5.69 Å². The number of hydrogen-bond acceptors (Lipinski definition) is 3. The maximum Gasteiger partial charge on any atom is 0.138 e. The van der Waals surface area contributed by atoms with Crippen LogP contribution in [-0.4, -0.2) is 9.78 Å². The topological polar surface area (TPSA) is 53.1 Å². The molecule has 0 atom stereocenters. The van der Waals surface area contributed by atoms with Crippen LogP contribution in [-0.2, 0) is 20.1 Å². The van der Waals surface area contributed by atoms with E-state index in [9.17, 15) is 0 Å². The number of hydrogen-bond donors (Lipinski definition) is 1. The Bertz CT molecular complexity index is 596. The molecule has 0 fully saturated rings. The summed E-state index contributed by atoms with van der Waals surface area (Å²) in [5, 5.41) is 5.46. The second-order valence-electron chi connectivity index (χ2n) is 4.16. The van der Waals surface area contributed by atoms with Crippen molar-refractivity contribution in [1.29, 1.82) is 0 Å². The maximum absolute atomic E-state index is 6.24. The Kier molecular flexibility index (Phi) is 4.22. The fourth-order valence-corrected chi connectivity index (χ4v) is 2.35. The summed E-state index contributed by atoms with van der Waals surface area (Å²) < 4.78 is 7.39. The Morgan fingerprint density at radius 3 is 2.68 bits per heavy atom. The second-order valence-corrected chi connectivity index (χ2v) is 4.95. The third-order valence-electron chi connectivity index (χ3n) is 2.82. The van der Waals surface area contributed by atoms with Gasteiger partial charge in [0.2, 0.25) is 0 Å². The third kappa shape index (κ3) is 2.96. The van der Waals surface area contributed by atoms with E-state index in [-0.39, 0.29) is 0 Å². The highest BCUT2D eigenvalue weighted by Gasteiger charge is 2.14. The fourth-order valence-electron chi connectivity index (χ4n) is 1.76. The van der Waals surface area contributed by atoms with E-state index < -0.39 is 0 Å². The SMILES string of the molecule is CCc1nn(C)c(COc2ccc(N)cc2Cl)c1Cl. The predicted octanol–water partition coefficient (Wildman–Crippen LogP) is 3.45. The monoisotopic (exact) mass is 299 g/mol. The zero-order valence-electron chi connectivity index (χ0n) is 10.8. The molecule has 19 heavy (non-hydrogen) atoms. The highest BCUT2D eigenvalue weighted by Crippen LogP contribution is 2.28. The van der Waals surface area contributed by atoms with Gasteiger partial charge in [-0.25, -0.2) is 0 Å². The summed E-state index contributed by atoms with van der Waals surface area (Å²) in [6, 6.07) is 5.13. The van der Waals surface area contributed by atoms with Gasteiger partial charge in [0.15, 0.2) is 0 Å². The molecule has 1 aromatic carbocycles. The first-order valence-electron chi connectivity index (χ1n) is 5.91. The fraction of sp³-hybridized carbons (Fsp3) is 0.308. The van der Waals surface area contributed by atoms with Crippen molar-refractivity contribution in [2.45, 2.75) is 20.0 Å². The molecule has 0 spiro atoms. The molecule has 102 valence electrons. The van der Waals surface area contributed by atoms with Crippen molar-refractivity contribution in [3.05, 3.63) is 39.6 Å². The first-order chi connectivity index (χ1) is 9.02. The summed E-state index contributed by atoms with van der Waals surface area (Å²) in [5.74, 6) is 0.575. The standard InChI is InChI=1S/C13H15Cl2N3O/c1-3-10-13(15)11(18(2)17-10)7-19-12-5-4-8(16)6-9(12)14/h4-6H,3,7,16H2,1-2H3. The molecule has 0 bridgehead atoms. The minimum absolute atomic E-state index is 0.311. The predicted molar refractivity (Wildman–Crippen MR) is 77.8 cm³/mol. The average molecular weight is 300 g/mol. The lowest BCUT2D eigenvalue weighted by atomic mass is 10.3. The number of aryl methyl sites for hydroxylation is 2. The minimum Gasteiger partial charge on any atom is -0.486 e. The Morgan fingerprint density at radius 2 is 2.11 bits per heavy atom. The Balaban J connectivity index is 2.16.